The number of rotatable bonds is 6. The smallest absolute Gasteiger partial charge is 0.410 e. The molecule has 1 saturated carbocycles. The molecule has 254 valence electrons. The molecule has 0 aromatic carbocycles. The van der Waals surface area contributed by atoms with Crippen LogP contribution >= 0.6 is 0 Å². The summed E-state index contributed by atoms with van der Waals surface area (Å²) in [5.74, 6) is -0.632. The second-order valence-corrected chi connectivity index (χ2v) is 13.8. The number of carbonyl (C=O) groups excluding carboxylic acids is 2. The number of esters is 1. The second-order valence-electron chi connectivity index (χ2n) is 13.8. The van der Waals surface area contributed by atoms with E-state index in [9.17, 15) is 19.8 Å². The Morgan fingerprint density at radius 1 is 1.13 bits per heavy atom. The van der Waals surface area contributed by atoms with Crippen molar-refractivity contribution in [1.82, 2.24) is 14.8 Å². The highest BCUT2D eigenvalue weighted by molar-refractivity contribution is 5.70. The Morgan fingerprint density at radius 3 is 2.52 bits per heavy atom. The van der Waals surface area contributed by atoms with Gasteiger partial charge < -0.3 is 24.6 Å². The number of pyridine rings is 1. The maximum absolute atomic E-state index is 13.4. The van der Waals surface area contributed by atoms with Crippen molar-refractivity contribution in [2.75, 3.05) is 26.2 Å². The molecule has 9 nitrogen and oxygen atoms in total. The SMILES string of the molecule is C/C(=C\C=C\C(C)c1cccnc1)[C@H]1OC(=O)C[C@@H](O)CC[C@](C)(O)[C@H](OC(=O)N2CCN(C3CCCCCC3)CC2)/C=C/[C@@H]1C. The van der Waals surface area contributed by atoms with Crippen LogP contribution < -0.4 is 0 Å². The molecule has 1 amide bonds. The molecule has 0 radical (unpaired) electrons. The van der Waals surface area contributed by atoms with Gasteiger partial charge in [-0.3, -0.25) is 14.7 Å². The Labute approximate surface area is 275 Å². The van der Waals surface area contributed by atoms with Gasteiger partial charge in [-0.15, -0.1) is 0 Å². The van der Waals surface area contributed by atoms with E-state index in [2.05, 4.69) is 22.9 Å². The van der Waals surface area contributed by atoms with Crippen molar-refractivity contribution in [3.8, 4) is 0 Å². The Hall–Kier alpha value is -3.01. The van der Waals surface area contributed by atoms with Crippen molar-refractivity contribution in [2.24, 2.45) is 5.92 Å². The van der Waals surface area contributed by atoms with Crippen LogP contribution in [0, 0.1) is 5.92 Å². The standard InChI is InChI=1S/C37H55N3O6/c1-27(30-13-10-20-38-26-30)11-9-12-28(2)35-29(3)16-17-33(37(4,44)19-18-32(41)25-34(42)46-35)45-36(43)40-23-21-39(22-24-40)31-14-7-5-6-8-15-31/h9-13,16-17,20,26-27,29,31-33,35,41,44H,5-8,14-15,18-19,21-25H2,1-4H3/b11-9+,17-16+,28-12+/t27?,29-,32-,33+,35+,37-/m0/s1. The average Bonchev–Trinajstić information content (AvgIpc) is 3.34. The molecule has 4 rings (SSSR count). The lowest BCUT2D eigenvalue weighted by molar-refractivity contribution is -0.151. The molecule has 0 spiro atoms. The van der Waals surface area contributed by atoms with E-state index in [4.69, 9.17) is 9.47 Å². The minimum absolute atomic E-state index is 0.149. The number of aliphatic hydroxyl groups is 2. The molecule has 9 heteroatoms. The zero-order valence-electron chi connectivity index (χ0n) is 28.2. The topological polar surface area (TPSA) is 112 Å². The van der Waals surface area contributed by atoms with Gasteiger partial charge in [0.05, 0.1) is 12.5 Å². The van der Waals surface area contributed by atoms with Gasteiger partial charge in [-0.25, -0.2) is 4.79 Å². The van der Waals surface area contributed by atoms with Crippen molar-refractivity contribution in [2.45, 2.75) is 121 Å². The lowest BCUT2D eigenvalue weighted by Gasteiger charge is -2.40. The molecule has 3 aliphatic rings. The number of cyclic esters (lactones) is 1. The van der Waals surface area contributed by atoms with Crippen LogP contribution in [0.5, 0.6) is 0 Å². The normalized spacial score (nSPS) is 31.3. The molecule has 1 unspecified atom stereocenters. The highest BCUT2D eigenvalue weighted by Crippen LogP contribution is 2.28. The summed E-state index contributed by atoms with van der Waals surface area (Å²) in [5, 5.41) is 22.1. The van der Waals surface area contributed by atoms with Crippen molar-refractivity contribution < 1.29 is 29.3 Å². The fourth-order valence-electron chi connectivity index (χ4n) is 6.75. The van der Waals surface area contributed by atoms with Gasteiger partial charge in [-0.1, -0.05) is 69.9 Å². The number of aliphatic hydroxyl groups excluding tert-OH is 1. The molecule has 3 heterocycles. The van der Waals surface area contributed by atoms with Crippen molar-refractivity contribution in [3.63, 3.8) is 0 Å². The lowest BCUT2D eigenvalue weighted by Crippen LogP contribution is -2.53. The Kier molecular flexibility index (Phi) is 13.4. The quantitative estimate of drug-likeness (QED) is 0.171. The zero-order valence-corrected chi connectivity index (χ0v) is 28.2. The Balaban J connectivity index is 1.45. The molecular formula is C37H55N3O6. The minimum Gasteiger partial charge on any atom is -0.457 e. The summed E-state index contributed by atoms with van der Waals surface area (Å²) in [6, 6.07) is 4.54. The van der Waals surface area contributed by atoms with Gasteiger partial charge in [-0.2, -0.15) is 0 Å². The summed E-state index contributed by atoms with van der Waals surface area (Å²) < 4.78 is 11.9. The highest BCUT2D eigenvalue weighted by Gasteiger charge is 2.37. The molecule has 1 aromatic heterocycles. The maximum Gasteiger partial charge on any atom is 0.410 e. The van der Waals surface area contributed by atoms with Crippen LogP contribution in [0.25, 0.3) is 0 Å². The van der Waals surface area contributed by atoms with Gasteiger partial charge in [0.15, 0.2) is 6.10 Å². The van der Waals surface area contributed by atoms with E-state index in [1.165, 1.54) is 38.5 Å². The predicted octanol–water partition coefficient (Wildman–Crippen LogP) is 5.93. The van der Waals surface area contributed by atoms with E-state index in [1.807, 2.05) is 50.4 Å². The van der Waals surface area contributed by atoms with Crippen LogP contribution in [0.15, 0.2) is 60.5 Å². The maximum atomic E-state index is 13.4. The van der Waals surface area contributed by atoms with E-state index in [1.54, 1.807) is 24.1 Å². The van der Waals surface area contributed by atoms with Gasteiger partial charge in [0.25, 0.3) is 0 Å². The number of nitrogens with zero attached hydrogens (tertiary/aromatic N) is 3. The molecule has 2 aliphatic heterocycles. The summed E-state index contributed by atoms with van der Waals surface area (Å²) in [6.45, 7) is 10.4. The fraction of sp³-hybridized carbons (Fsp3) is 0.649. The van der Waals surface area contributed by atoms with Gasteiger partial charge in [0.1, 0.15) is 11.7 Å². The van der Waals surface area contributed by atoms with Crippen molar-refractivity contribution in [1.29, 1.82) is 0 Å². The lowest BCUT2D eigenvalue weighted by atomic mass is 9.88. The summed E-state index contributed by atoms with van der Waals surface area (Å²) >= 11 is 0. The highest BCUT2D eigenvalue weighted by atomic mass is 16.6. The van der Waals surface area contributed by atoms with Gasteiger partial charge in [0, 0.05) is 56.5 Å². The predicted molar refractivity (Wildman–Crippen MR) is 179 cm³/mol. The van der Waals surface area contributed by atoms with Gasteiger partial charge in [-0.05, 0) is 62.8 Å². The van der Waals surface area contributed by atoms with Crippen LogP contribution in [-0.2, 0) is 14.3 Å². The average molecular weight is 638 g/mol. The number of hydrogen-bond acceptors (Lipinski definition) is 8. The van der Waals surface area contributed by atoms with Crippen molar-refractivity contribution in [3.05, 3.63) is 66.0 Å². The molecule has 6 atom stereocenters. The number of hydrogen-bond donors (Lipinski definition) is 2. The summed E-state index contributed by atoms with van der Waals surface area (Å²) in [6.07, 6.45) is 17.9. The first-order chi connectivity index (χ1) is 22.0. The molecule has 1 saturated heterocycles. The Bertz CT molecular complexity index is 1200. The number of aromatic nitrogens is 1. The first-order valence-corrected chi connectivity index (χ1v) is 17.3. The Morgan fingerprint density at radius 2 is 1.85 bits per heavy atom. The van der Waals surface area contributed by atoms with Crippen LogP contribution in [0.3, 0.4) is 0 Å². The third-order valence-electron chi connectivity index (χ3n) is 9.88. The zero-order chi connectivity index (χ0) is 33.1. The monoisotopic (exact) mass is 637 g/mol. The number of ether oxygens (including phenoxy) is 2. The number of allylic oxidation sites excluding steroid dienone is 3. The van der Waals surface area contributed by atoms with E-state index in [-0.39, 0.29) is 31.1 Å². The third-order valence-corrected chi connectivity index (χ3v) is 9.88. The van der Waals surface area contributed by atoms with Crippen molar-refractivity contribution >= 4 is 12.1 Å². The molecule has 2 fully saturated rings. The largest absolute Gasteiger partial charge is 0.457 e. The first kappa shape index (κ1) is 35.8. The molecule has 0 bridgehead atoms. The van der Waals surface area contributed by atoms with Crippen LogP contribution in [-0.4, -0.2) is 93.2 Å². The van der Waals surface area contributed by atoms with Crippen LogP contribution in [0.1, 0.15) is 97.0 Å². The number of piperazine rings is 1. The molecular weight excluding hydrogens is 582 g/mol. The third kappa shape index (κ3) is 10.5. The molecule has 1 aliphatic carbocycles. The number of amides is 1. The van der Waals surface area contributed by atoms with Gasteiger partial charge >= 0.3 is 12.1 Å². The van der Waals surface area contributed by atoms with E-state index in [0.717, 1.165) is 24.2 Å². The van der Waals surface area contributed by atoms with Crippen LogP contribution in [0.2, 0.25) is 0 Å². The minimum atomic E-state index is -1.44. The fourth-order valence-corrected chi connectivity index (χ4v) is 6.75. The summed E-state index contributed by atoms with van der Waals surface area (Å²) in [5.41, 5.74) is 0.490. The molecule has 46 heavy (non-hydrogen) atoms. The van der Waals surface area contributed by atoms with E-state index in [0.29, 0.717) is 19.1 Å². The second kappa shape index (κ2) is 17.2. The summed E-state index contributed by atoms with van der Waals surface area (Å²) in [7, 11) is 0. The first-order valence-electron chi connectivity index (χ1n) is 17.3. The number of carbonyl (C=O) groups is 2. The summed E-state index contributed by atoms with van der Waals surface area (Å²) in [4.78, 5) is 34.7. The van der Waals surface area contributed by atoms with E-state index >= 15 is 0 Å². The molecule has 2 N–H and O–H groups in total. The molecule has 1 aromatic rings. The van der Waals surface area contributed by atoms with Gasteiger partial charge in [0.2, 0.25) is 0 Å². The van der Waals surface area contributed by atoms with Crippen LogP contribution in [0.4, 0.5) is 4.79 Å². The van der Waals surface area contributed by atoms with E-state index < -0.39 is 36.0 Å².